The lowest BCUT2D eigenvalue weighted by Gasteiger charge is -2.08. The van der Waals surface area contributed by atoms with Gasteiger partial charge in [0.2, 0.25) is 15.9 Å². The van der Waals surface area contributed by atoms with Crippen molar-refractivity contribution < 1.29 is 22.3 Å². The van der Waals surface area contributed by atoms with E-state index in [-0.39, 0.29) is 18.3 Å². The molecule has 8 heteroatoms. The zero-order chi connectivity index (χ0) is 22.3. The lowest BCUT2D eigenvalue weighted by atomic mass is 10.2. The van der Waals surface area contributed by atoms with E-state index in [0.717, 1.165) is 17.4 Å². The quantitative estimate of drug-likeness (QED) is 0.508. The minimum Gasteiger partial charge on any atom is -0.489 e. The lowest BCUT2D eigenvalue weighted by molar-refractivity contribution is -0.111. The first-order valence-corrected chi connectivity index (χ1v) is 11.2. The van der Waals surface area contributed by atoms with Crippen LogP contribution in [0.5, 0.6) is 5.75 Å². The molecule has 0 aromatic heterocycles. The number of sulfonamides is 1. The Morgan fingerprint density at radius 3 is 2.39 bits per heavy atom. The number of rotatable bonds is 8. The van der Waals surface area contributed by atoms with Gasteiger partial charge in [-0.05, 0) is 53.6 Å². The molecular formula is C23H21FN2O4S. The summed E-state index contributed by atoms with van der Waals surface area (Å²) in [5.74, 6) is -0.0582. The summed E-state index contributed by atoms with van der Waals surface area (Å²) >= 11 is 0. The van der Waals surface area contributed by atoms with Gasteiger partial charge < -0.3 is 10.1 Å². The number of nitrogens with one attached hydrogen (secondary N) is 2. The highest BCUT2D eigenvalue weighted by atomic mass is 32.2. The summed E-state index contributed by atoms with van der Waals surface area (Å²) in [7, 11) is -3.33. The second kappa shape index (κ2) is 9.90. The van der Waals surface area contributed by atoms with Crippen LogP contribution >= 0.6 is 0 Å². The van der Waals surface area contributed by atoms with Crippen LogP contribution < -0.4 is 14.8 Å². The average molecular weight is 440 g/mol. The molecule has 0 spiro atoms. The third-order valence-electron chi connectivity index (χ3n) is 4.06. The van der Waals surface area contributed by atoms with E-state index >= 15 is 0 Å². The van der Waals surface area contributed by atoms with Crippen LogP contribution in [0.3, 0.4) is 0 Å². The molecule has 6 nitrogen and oxygen atoms in total. The first kappa shape index (κ1) is 22.0. The van der Waals surface area contributed by atoms with Crippen LogP contribution in [-0.2, 0) is 21.4 Å². The average Bonchev–Trinajstić information content (AvgIpc) is 2.72. The summed E-state index contributed by atoms with van der Waals surface area (Å²) in [5.41, 5.74) is 2.59. The normalized spacial score (nSPS) is 11.3. The third-order valence-corrected chi connectivity index (χ3v) is 4.67. The van der Waals surface area contributed by atoms with Crippen molar-refractivity contribution in [3.8, 4) is 5.75 Å². The molecule has 0 heterocycles. The van der Waals surface area contributed by atoms with Gasteiger partial charge in [-0.3, -0.25) is 9.52 Å². The molecule has 3 aromatic carbocycles. The van der Waals surface area contributed by atoms with Crippen molar-refractivity contribution in [2.24, 2.45) is 0 Å². The van der Waals surface area contributed by atoms with Crippen LogP contribution in [0.2, 0.25) is 0 Å². The number of hydrogen-bond acceptors (Lipinski definition) is 4. The van der Waals surface area contributed by atoms with Crippen LogP contribution in [0.15, 0.2) is 78.9 Å². The predicted molar refractivity (Wildman–Crippen MR) is 120 cm³/mol. The number of benzene rings is 3. The molecule has 0 saturated carbocycles. The summed E-state index contributed by atoms with van der Waals surface area (Å²) in [5, 5.41) is 2.75. The van der Waals surface area contributed by atoms with Gasteiger partial charge in [-0.25, -0.2) is 12.8 Å². The van der Waals surface area contributed by atoms with Gasteiger partial charge in [-0.15, -0.1) is 0 Å². The minimum absolute atomic E-state index is 0.280. The number of carbonyl (C=O) groups is 1. The molecule has 0 aliphatic heterocycles. The van der Waals surface area contributed by atoms with Gasteiger partial charge in [-0.2, -0.15) is 0 Å². The zero-order valence-corrected chi connectivity index (χ0v) is 17.5. The second-order valence-electron chi connectivity index (χ2n) is 6.76. The molecule has 0 aliphatic carbocycles. The molecule has 0 radical (unpaired) electrons. The monoisotopic (exact) mass is 440 g/mol. The lowest BCUT2D eigenvalue weighted by Crippen LogP contribution is -2.09. The van der Waals surface area contributed by atoms with E-state index < -0.39 is 10.0 Å². The van der Waals surface area contributed by atoms with E-state index in [9.17, 15) is 17.6 Å². The number of ether oxygens (including phenoxy) is 1. The van der Waals surface area contributed by atoms with Crippen molar-refractivity contribution in [2.45, 2.75) is 6.61 Å². The molecule has 160 valence electrons. The molecule has 0 fully saturated rings. The summed E-state index contributed by atoms with van der Waals surface area (Å²) in [6.07, 6.45) is 4.08. The largest absolute Gasteiger partial charge is 0.489 e. The van der Waals surface area contributed by atoms with Gasteiger partial charge >= 0.3 is 0 Å². The zero-order valence-electron chi connectivity index (χ0n) is 16.7. The Kier molecular flexibility index (Phi) is 7.04. The number of halogens is 1. The number of hydrogen-bond donors (Lipinski definition) is 2. The molecule has 1 amide bonds. The fourth-order valence-electron chi connectivity index (χ4n) is 2.64. The first-order chi connectivity index (χ1) is 14.8. The summed E-state index contributed by atoms with van der Waals surface area (Å²) in [4.78, 5) is 12.2. The smallest absolute Gasteiger partial charge is 0.248 e. The van der Waals surface area contributed by atoms with E-state index in [1.54, 1.807) is 66.7 Å². The summed E-state index contributed by atoms with van der Waals surface area (Å²) in [6, 6.07) is 19.6. The van der Waals surface area contributed by atoms with Crippen LogP contribution in [0, 0.1) is 5.82 Å². The van der Waals surface area contributed by atoms with Crippen LogP contribution in [0.1, 0.15) is 11.1 Å². The van der Waals surface area contributed by atoms with Crippen molar-refractivity contribution in [3.05, 3.63) is 95.8 Å². The predicted octanol–water partition coefficient (Wildman–Crippen LogP) is 4.43. The standard InChI is InChI=1S/C23H21FN2O4S/c1-31(28,29)26-20-12-7-17(8-13-20)9-14-23(27)25-21-3-2-4-22(15-21)30-16-18-5-10-19(24)11-6-18/h2-15,26H,16H2,1H3,(H,25,27)/b14-9+. The maximum Gasteiger partial charge on any atom is 0.248 e. The van der Waals surface area contributed by atoms with E-state index in [1.807, 2.05) is 0 Å². The Hall–Kier alpha value is -3.65. The van der Waals surface area contributed by atoms with Crippen molar-refractivity contribution in [2.75, 3.05) is 16.3 Å². The van der Waals surface area contributed by atoms with Gasteiger partial charge in [0.05, 0.1) is 6.26 Å². The highest BCUT2D eigenvalue weighted by Crippen LogP contribution is 2.19. The second-order valence-corrected chi connectivity index (χ2v) is 8.51. The number of anilines is 2. The van der Waals surface area contributed by atoms with Gasteiger partial charge in [0.15, 0.2) is 0 Å². The molecule has 31 heavy (non-hydrogen) atoms. The van der Waals surface area contributed by atoms with E-state index in [0.29, 0.717) is 17.1 Å². The minimum atomic E-state index is -3.33. The number of amides is 1. The van der Waals surface area contributed by atoms with Crippen molar-refractivity contribution in [1.29, 1.82) is 0 Å². The highest BCUT2D eigenvalue weighted by Gasteiger charge is 2.03. The Labute approximate surface area is 180 Å². The topological polar surface area (TPSA) is 84.5 Å². The van der Waals surface area contributed by atoms with Crippen molar-refractivity contribution >= 4 is 33.4 Å². The summed E-state index contributed by atoms with van der Waals surface area (Å²) < 4.78 is 43.5. The van der Waals surface area contributed by atoms with Gasteiger partial charge in [0.1, 0.15) is 18.2 Å². The first-order valence-electron chi connectivity index (χ1n) is 9.31. The molecular weight excluding hydrogens is 419 g/mol. The Morgan fingerprint density at radius 1 is 1.00 bits per heavy atom. The highest BCUT2D eigenvalue weighted by molar-refractivity contribution is 7.92. The maximum absolute atomic E-state index is 13.0. The van der Waals surface area contributed by atoms with Crippen LogP contribution in [-0.4, -0.2) is 20.6 Å². The van der Waals surface area contributed by atoms with Crippen molar-refractivity contribution in [3.63, 3.8) is 0 Å². The Bertz CT molecular complexity index is 1170. The Morgan fingerprint density at radius 2 is 1.71 bits per heavy atom. The van der Waals surface area contributed by atoms with Gasteiger partial charge in [-0.1, -0.05) is 30.3 Å². The molecule has 0 saturated heterocycles. The van der Waals surface area contributed by atoms with E-state index in [1.165, 1.54) is 18.2 Å². The molecule has 0 atom stereocenters. The number of carbonyl (C=O) groups excluding carboxylic acids is 1. The summed E-state index contributed by atoms with van der Waals surface area (Å²) in [6.45, 7) is 0.280. The molecule has 0 bridgehead atoms. The molecule has 3 rings (SSSR count). The fourth-order valence-corrected chi connectivity index (χ4v) is 3.21. The van der Waals surface area contributed by atoms with Gasteiger partial charge in [0.25, 0.3) is 0 Å². The van der Waals surface area contributed by atoms with E-state index in [2.05, 4.69) is 10.0 Å². The molecule has 3 aromatic rings. The Balaban J connectivity index is 1.55. The molecule has 2 N–H and O–H groups in total. The fraction of sp³-hybridized carbons (Fsp3) is 0.0870. The SMILES string of the molecule is CS(=O)(=O)Nc1ccc(/C=C/C(=O)Nc2cccc(OCc3ccc(F)cc3)c2)cc1. The third kappa shape index (κ3) is 7.60. The molecule has 0 aliphatic rings. The maximum atomic E-state index is 13.0. The van der Waals surface area contributed by atoms with Crippen LogP contribution in [0.25, 0.3) is 6.08 Å². The van der Waals surface area contributed by atoms with E-state index in [4.69, 9.17) is 4.74 Å². The molecule has 0 unspecified atom stereocenters. The van der Waals surface area contributed by atoms with Gasteiger partial charge in [0, 0.05) is 23.5 Å². The van der Waals surface area contributed by atoms with Crippen molar-refractivity contribution in [1.82, 2.24) is 0 Å². The van der Waals surface area contributed by atoms with Crippen LogP contribution in [0.4, 0.5) is 15.8 Å².